The molecule has 0 spiro atoms. The van der Waals surface area contributed by atoms with Gasteiger partial charge in [0.05, 0.1) is 18.7 Å². The normalized spacial score (nSPS) is 16.8. The molecule has 1 aliphatic heterocycles. The molecule has 2 aromatic rings. The maximum Gasteiger partial charge on any atom is 0.261 e. The van der Waals surface area contributed by atoms with E-state index in [1.54, 1.807) is 7.11 Å². The van der Waals surface area contributed by atoms with Crippen molar-refractivity contribution in [1.82, 2.24) is 4.90 Å². The van der Waals surface area contributed by atoms with Gasteiger partial charge in [0.25, 0.3) is 5.91 Å². The average Bonchev–Trinajstić information content (AvgIpc) is 2.98. The third-order valence-electron chi connectivity index (χ3n) is 5.25. The number of rotatable bonds is 6. The van der Waals surface area contributed by atoms with E-state index in [-0.39, 0.29) is 35.7 Å². The number of ether oxygens (including phenoxy) is 2. The Morgan fingerprint density at radius 2 is 1.86 bits per heavy atom. The molecule has 0 radical (unpaired) electrons. The van der Waals surface area contributed by atoms with Crippen LogP contribution in [-0.4, -0.2) is 36.9 Å². The summed E-state index contributed by atoms with van der Waals surface area (Å²) in [6, 6.07) is 11.5. The van der Waals surface area contributed by atoms with Crippen molar-refractivity contribution in [2.45, 2.75) is 38.6 Å². The number of carbonyl (C=O) groups is 2. The van der Waals surface area contributed by atoms with Gasteiger partial charge in [-0.25, -0.2) is 4.39 Å². The molecule has 1 saturated heterocycles. The second-order valence-electron chi connectivity index (χ2n) is 7.21. The number of Topliss-reactive ketones (excluding diaryl/α,β-unsaturated/α-hetero) is 1. The van der Waals surface area contributed by atoms with E-state index in [1.165, 1.54) is 19.1 Å². The number of nitrogens with zero attached hydrogens (tertiary/aromatic N) is 1. The number of carbonyl (C=O) groups excluding carboxylic acids is 2. The summed E-state index contributed by atoms with van der Waals surface area (Å²) in [7, 11) is 1.62. The third kappa shape index (κ3) is 5.13. The second-order valence-corrected chi connectivity index (χ2v) is 7.21. The highest BCUT2D eigenvalue weighted by molar-refractivity contribution is 5.96. The molecule has 0 saturated carbocycles. The molecule has 1 unspecified atom stereocenters. The van der Waals surface area contributed by atoms with Gasteiger partial charge in [-0.2, -0.15) is 0 Å². The van der Waals surface area contributed by atoms with E-state index < -0.39 is 5.82 Å². The maximum atomic E-state index is 13.4. The van der Waals surface area contributed by atoms with Crippen LogP contribution >= 0.6 is 0 Å². The molecule has 1 atom stereocenters. The molecule has 1 fully saturated rings. The second kappa shape index (κ2) is 9.54. The Morgan fingerprint density at radius 1 is 1.10 bits per heavy atom. The molecule has 0 aliphatic carbocycles. The van der Waals surface area contributed by atoms with Gasteiger partial charge in [-0.3, -0.25) is 9.59 Å². The van der Waals surface area contributed by atoms with E-state index in [0.717, 1.165) is 43.1 Å². The Kier molecular flexibility index (Phi) is 6.86. The number of methoxy groups -OCH3 is 1. The Morgan fingerprint density at radius 3 is 2.55 bits per heavy atom. The van der Waals surface area contributed by atoms with Crippen LogP contribution in [0.4, 0.5) is 4.39 Å². The van der Waals surface area contributed by atoms with Crippen LogP contribution in [0.1, 0.15) is 54.6 Å². The first-order chi connectivity index (χ1) is 14.0. The summed E-state index contributed by atoms with van der Waals surface area (Å²) in [6.45, 7) is 1.80. The van der Waals surface area contributed by atoms with Crippen LogP contribution in [0.3, 0.4) is 0 Å². The van der Waals surface area contributed by atoms with Crippen LogP contribution in [0.25, 0.3) is 0 Å². The summed E-state index contributed by atoms with van der Waals surface area (Å²) in [6.07, 6.45) is 3.94. The van der Waals surface area contributed by atoms with Gasteiger partial charge < -0.3 is 14.4 Å². The van der Waals surface area contributed by atoms with E-state index in [9.17, 15) is 14.0 Å². The fourth-order valence-corrected chi connectivity index (χ4v) is 3.71. The Labute approximate surface area is 170 Å². The summed E-state index contributed by atoms with van der Waals surface area (Å²) < 4.78 is 24.3. The standard InChI is InChI=1S/C23H26FNO4/c1-16(26)20-14-18(24)9-12-22(20)29-15-23(27)25-13-5-3-4-6-21(25)17-7-10-19(28-2)11-8-17/h7-12,14,21H,3-6,13,15H2,1-2H3. The molecule has 2 aromatic carbocycles. The molecule has 1 amide bonds. The van der Waals surface area contributed by atoms with Crippen LogP contribution in [0.5, 0.6) is 11.5 Å². The van der Waals surface area contributed by atoms with Gasteiger partial charge in [0, 0.05) is 6.54 Å². The van der Waals surface area contributed by atoms with Gasteiger partial charge in [-0.15, -0.1) is 0 Å². The van der Waals surface area contributed by atoms with Gasteiger partial charge in [-0.1, -0.05) is 25.0 Å². The van der Waals surface area contributed by atoms with Crippen LogP contribution in [0.2, 0.25) is 0 Å². The number of likely N-dealkylation sites (tertiary alicyclic amines) is 1. The highest BCUT2D eigenvalue weighted by atomic mass is 19.1. The third-order valence-corrected chi connectivity index (χ3v) is 5.25. The molecule has 3 rings (SSSR count). The average molecular weight is 399 g/mol. The van der Waals surface area contributed by atoms with Crippen molar-refractivity contribution < 1.29 is 23.5 Å². The minimum Gasteiger partial charge on any atom is -0.497 e. The number of hydrogen-bond acceptors (Lipinski definition) is 4. The highest BCUT2D eigenvalue weighted by Gasteiger charge is 2.27. The number of hydrogen-bond donors (Lipinski definition) is 0. The summed E-state index contributed by atoms with van der Waals surface area (Å²) in [5.41, 5.74) is 1.20. The van der Waals surface area contributed by atoms with E-state index in [4.69, 9.17) is 9.47 Å². The fourth-order valence-electron chi connectivity index (χ4n) is 3.71. The van der Waals surface area contributed by atoms with Crippen LogP contribution in [-0.2, 0) is 4.79 Å². The van der Waals surface area contributed by atoms with Crippen molar-refractivity contribution in [2.75, 3.05) is 20.3 Å². The first kappa shape index (κ1) is 20.8. The van der Waals surface area contributed by atoms with Crippen LogP contribution < -0.4 is 9.47 Å². The monoisotopic (exact) mass is 399 g/mol. The molecule has 0 N–H and O–H groups in total. The minimum absolute atomic E-state index is 0.0278. The molecule has 1 aliphatic rings. The predicted molar refractivity (Wildman–Crippen MR) is 108 cm³/mol. The topological polar surface area (TPSA) is 55.8 Å². The molecule has 29 heavy (non-hydrogen) atoms. The lowest BCUT2D eigenvalue weighted by molar-refractivity contribution is -0.135. The van der Waals surface area contributed by atoms with E-state index in [0.29, 0.717) is 6.54 Å². The van der Waals surface area contributed by atoms with Crippen molar-refractivity contribution >= 4 is 11.7 Å². The molecule has 6 heteroatoms. The molecular weight excluding hydrogens is 373 g/mol. The molecule has 0 aromatic heterocycles. The molecule has 5 nitrogen and oxygen atoms in total. The highest BCUT2D eigenvalue weighted by Crippen LogP contribution is 2.31. The quantitative estimate of drug-likeness (QED) is 0.668. The smallest absolute Gasteiger partial charge is 0.261 e. The van der Waals surface area contributed by atoms with Gasteiger partial charge >= 0.3 is 0 Å². The molecule has 0 bridgehead atoms. The fraction of sp³-hybridized carbons (Fsp3) is 0.391. The Bertz CT molecular complexity index is 866. The lowest BCUT2D eigenvalue weighted by Gasteiger charge is -2.30. The Hall–Kier alpha value is -2.89. The van der Waals surface area contributed by atoms with E-state index in [2.05, 4.69) is 0 Å². The minimum atomic E-state index is -0.513. The van der Waals surface area contributed by atoms with Crippen molar-refractivity contribution in [3.05, 3.63) is 59.4 Å². The van der Waals surface area contributed by atoms with E-state index >= 15 is 0 Å². The van der Waals surface area contributed by atoms with Crippen molar-refractivity contribution in [3.8, 4) is 11.5 Å². The zero-order valence-electron chi connectivity index (χ0n) is 16.8. The van der Waals surface area contributed by atoms with E-state index in [1.807, 2.05) is 29.2 Å². The largest absolute Gasteiger partial charge is 0.497 e. The van der Waals surface area contributed by atoms with Crippen molar-refractivity contribution in [1.29, 1.82) is 0 Å². The van der Waals surface area contributed by atoms with Gasteiger partial charge in [0.2, 0.25) is 0 Å². The first-order valence-corrected chi connectivity index (χ1v) is 9.86. The summed E-state index contributed by atoms with van der Waals surface area (Å²) >= 11 is 0. The molecular formula is C23H26FNO4. The van der Waals surface area contributed by atoms with Crippen molar-refractivity contribution in [3.63, 3.8) is 0 Å². The molecule has 1 heterocycles. The predicted octanol–water partition coefficient (Wildman–Crippen LogP) is 4.56. The lowest BCUT2D eigenvalue weighted by atomic mass is 10.0. The lowest BCUT2D eigenvalue weighted by Crippen LogP contribution is -2.38. The number of ketones is 1. The first-order valence-electron chi connectivity index (χ1n) is 9.86. The Balaban J connectivity index is 1.75. The summed E-state index contributed by atoms with van der Waals surface area (Å²) in [5.74, 6) is 0.0325. The number of halogens is 1. The van der Waals surface area contributed by atoms with Gasteiger partial charge in [0.15, 0.2) is 12.4 Å². The summed E-state index contributed by atoms with van der Waals surface area (Å²) in [5, 5.41) is 0. The van der Waals surface area contributed by atoms with Crippen LogP contribution in [0.15, 0.2) is 42.5 Å². The SMILES string of the molecule is COc1ccc(C2CCCCCN2C(=O)COc2ccc(F)cc2C(C)=O)cc1. The number of amides is 1. The van der Waals surface area contributed by atoms with Gasteiger partial charge in [0.1, 0.15) is 17.3 Å². The van der Waals surface area contributed by atoms with Crippen molar-refractivity contribution in [2.24, 2.45) is 0 Å². The number of benzene rings is 2. The van der Waals surface area contributed by atoms with Crippen LogP contribution in [0, 0.1) is 5.82 Å². The summed E-state index contributed by atoms with van der Waals surface area (Å²) in [4.78, 5) is 26.6. The maximum absolute atomic E-state index is 13.4. The molecule has 154 valence electrons. The zero-order valence-corrected chi connectivity index (χ0v) is 16.8. The van der Waals surface area contributed by atoms with Gasteiger partial charge in [-0.05, 0) is 55.7 Å². The zero-order chi connectivity index (χ0) is 20.8.